The van der Waals surface area contributed by atoms with Crippen molar-refractivity contribution in [2.75, 3.05) is 0 Å². The van der Waals surface area contributed by atoms with Crippen molar-refractivity contribution in [3.05, 3.63) is 416 Å². The number of nitrogens with zero attached hydrogens (tertiary/aromatic N) is 9. The highest BCUT2D eigenvalue weighted by molar-refractivity contribution is 7.29. The molecule has 18 heteroatoms. The Hall–Kier alpha value is -16.3. The number of hydrogen-bond donors (Lipinski definition) is 0. The molecule has 0 N–H and O–H groups in total. The standard InChI is InChI=1S/C50H26ClN3S2.C42H22ClN3S2.C36H18ClN3S2/c51-48-49(52-45-37-18-8-10-20-40(37)56-50(45)53-48)54-39-19-9-7-17-36(39)42-34-15-5-6-16-35(34)44-43-31-23-21-29(25-28(31)22-24-41(43)55-47(44)46(42)54)38-26-27-11-1-2-12-30(27)32-13-3-4-14-33(32)38;43-41-37(44-38-30-14-6-8-16-32(30)48-42(38)45-41)24-17-20-25(21-18-24)46-31-15-7-5-13-29(31)34-27-11-3-4-12-28(27)36-35-26-10-2-1-9-23(26)19-22-33(35)47-40(36)39(34)46;37-34-35(38-31-24-14-6-8-16-26(24)42-36(31)39-34)40-25-15-7-5-13-23(25)28-21-11-3-4-12-22(21)30-29-20-10-2-1-9-19(20)17-18-27(29)41-33(30)32(28)40/h1-26H;1-22H;1-18H. The molecule has 0 saturated heterocycles. The molecule has 0 saturated carbocycles. The predicted molar refractivity (Wildman–Crippen MR) is 632 cm³/mol. The molecule has 680 valence electrons. The van der Waals surface area contributed by atoms with E-state index in [0.717, 1.165) is 94.6 Å². The average molecular weight is 2030 g/mol. The van der Waals surface area contributed by atoms with Crippen LogP contribution in [0.3, 0.4) is 0 Å². The van der Waals surface area contributed by atoms with E-state index in [9.17, 15) is 0 Å². The molecule has 22 aromatic carbocycles. The van der Waals surface area contributed by atoms with Crippen LogP contribution >= 0.6 is 103 Å². The molecule has 0 aliphatic carbocycles. The second-order valence-electron chi connectivity index (χ2n) is 37.5. The van der Waals surface area contributed by atoms with Crippen LogP contribution < -0.4 is 0 Å². The Kier molecular flexibility index (Phi) is 18.2. The summed E-state index contributed by atoms with van der Waals surface area (Å²) in [5.41, 5.74) is 14.7. The Balaban J connectivity index is 0.0000000986. The third-order valence-corrected chi connectivity index (χ3v) is 37.3. The summed E-state index contributed by atoms with van der Waals surface area (Å²) in [4.78, 5) is 32.9. The average Bonchev–Trinajstić information content (AvgIpc) is 1.54. The van der Waals surface area contributed by atoms with E-state index in [4.69, 9.17) is 64.7 Å². The van der Waals surface area contributed by atoms with Crippen LogP contribution in [0.5, 0.6) is 0 Å². The number of aromatic nitrogens is 9. The number of fused-ring (bicyclic) bond motifs is 48. The van der Waals surface area contributed by atoms with Crippen LogP contribution in [0.4, 0.5) is 0 Å². The number of para-hydroxylation sites is 3. The number of thiophene rings is 6. The summed E-state index contributed by atoms with van der Waals surface area (Å²) in [6.07, 6.45) is 0. The summed E-state index contributed by atoms with van der Waals surface area (Å²) < 4.78 is 18.1. The van der Waals surface area contributed by atoms with Crippen molar-refractivity contribution in [2.45, 2.75) is 0 Å². The number of rotatable bonds is 5. The first-order chi connectivity index (χ1) is 72.2. The van der Waals surface area contributed by atoms with Crippen molar-refractivity contribution >= 4 is 376 Å². The highest BCUT2D eigenvalue weighted by Gasteiger charge is 2.31. The highest BCUT2D eigenvalue weighted by atomic mass is 35.5. The maximum absolute atomic E-state index is 7.20. The minimum absolute atomic E-state index is 0.397. The lowest BCUT2D eigenvalue weighted by Crippen LogP contribution is -2.00. The van der Waals surface area contributed by atoms with Crippen molar-refractivity contribution in [1.29, 1.82) is 0 Å². The molecule has 0 spiro atoms. The molecule has 0 fully saturated rings. The van der Waals surface area contributed by atoms with Gasteiger partial charge in [0.2, 0.25) is 0 Å². The van der Waals surface area contributed by atoms with Gasteiger partial charge in [-0.1, -0.05) is 356 Å². The number of hydrogen-bond acceptors (Lipinski definition) is 12. The van der Waals surface area contributed by atoms with Crippen LogP contribution in [0.25, 0.3) is 313 Å². The SMILES string of the molecule is Clc1nc2sc3ccccc3c2nc1-c1ccc(-n2c3ccccc3c3c4ccccc4c4c(sc5ccc6ccccc6c54)c32)cc1.Clc1nc2sc3ccccc3c2nc1-n1c2ccccc2c2c3ccccc3c3c(sc4ccc5cc(-c6cc7ccccc7c7ccccc67)ccc5c43)c21.Clc1nc2sc3ccccc3c2nc1-n1c2ccccc2c2c3ccccc3c3c(sc4ccc5ccccc5c43)c21. The van der Waals surface area contributed by atoms with Crippen LogP contribution in [0.1, 0.15) is 0 Å². The van der Waals surface area contributed by atoms with Crippen molar-refractivity contribution in [3.63, 3.8) is 0 Å². The Morgan fingerprint density at radius 3 is 0.952 bits per heavy atom. The molecule has 0 atom stereocenters. The van der Waals surface area contributed by atoms with E-state index < -0.39 is 0 Å². The minimum Gasteiger partial charge on any atom is -0.308 e. The molecule has 0 bridgehead atoms. The zero-order chi connectivity index (χ0) is 95.7. The summed E-state index contributed by atoms with van der Waals surface area (Å²) in [5.74, 6) is 1.32. The van der Waals surface area contributed by atoms with Crippen LogP contribution in [0.2, 0.25) is 15.5 Å². The molecule has 34 rings (SSSR count). The third kappa shape index (κ3) is 12.0. The summed E-state index contributed by atoms with van der Waals surface area (Å²) in [7, 11) is 0. The van der Waals surface area contributed by atoms with E-state index in [2.05, 4.69) is 402 Å². The van der Waals surface area contributed by atoms with Crippen molar-refractivity contribution in [1.82, 2.24) is 43.6 Å². The predicted octanol–water partition coefficient (Wildman–Crippen LogP) is 39.4. The van der Waals surface area contributed by atoms with E-state index >= 15 is 0 Å². The Morgan fingerprint density at radius 1 is 0.192 bits per heavy atom. The smallest absolute Gasteiger partial charge is 0.176 e. The van der Waals surface area contributed by atoms with Gasteiger partial charge in [-0.25, -0.2) is 29.9 Å². The summed E-state index contributed by atoms with van der Waals surface area (Å²) in [5, 5.41) is 39.8. The minimum atomic E-state index is 0.397. The van der Waals surface area contributed by atoms with E-state index in [-0.39, 0.29) is 0 Å². The lowest BCUT2D eigenvalue weighted by Gasteiger charge is -2.12. The van der Waals surface area contributed by atoms with Crippen LogP contribution in [-0.2, 0) is 0 Å². The highest BCUT2D eigenvalue weighted by Crippen LogP contribution is 2.56. The number of benzene rings is 22. The lowest BCUT2D eigenvalue weighted by atomic mass is 9.91. The topological polar surface area (TPSA) is 92.1 Å². The fraction of sp³-hybridized carbons (Fsp3) is 0. The first kappa shape index (κ1) is 83.2. The molecule has 0 unspecified atom stereocenters. The lowest BCUT2D eigenvalue weighted by molar-refractivity contribution is 1.08. The molecule has 146 heavy (non-hydrogen) atoms. The van der Waals surface area contributed by atoms with Crippen molar-refractivity contribution < 1.29 is 0 Å². The molecule has 12 aromatic heterocycles. The van der Waals surface area contributed by atoms with E-state index in [1.165, 1.54) is 201 Å². The normalized spacial score (nSPS) is 12.3. The molecule has 0 amide bonds. The Bertz CT molecular complexity index is 11800. The first-order valence-electron chi connectivity index (χ1n) is 48.3. The van der Waals surface area contributed by atoms with Gasteiger partial charge in [0.25, 0.3) is 0 Å². The molecule has 0 radical (unpaired) electrons. The Labute approximate surface area is 867 Å². The fourth-order valence-electron chi connectivity index (χ4n) is 23.8. The van der Waals surface area contributed by atoms with Gasteiger partial charge in [-0.05, 0) is 176 Å². The molecule has 9 nitrogen and oxygen atoms in total. The molecule has 12 heterocycles. The van der Waals surface area contributed by atoms with Crippen molar-refractivity contribution in [3.8, 4) is 39.7 Å². The van der Waals surface area contributed by atoms with Gasteiger partial charge in [-0.15, -0.1) is 68.0 Å². The van der Waals surface area contributed by atoms with Gasteiger partial charge < -0.3 is 4.57 Å². The zero-order valence-electron chi connectivity index (χ0n) is 76.7. The third-order valence-electron chi connectivity index (χ3n) is 29.9. The van der Waals surface area contributed by atoms with E-state index in [1.54, 1.807) is 34.0 Å². The van der Waals surface area contributed by atoms with Gasteiger partial charge in [0.05, 0.1) is 47.2 Å². The van der Waals surface area contributed by atoms with Gasteiger partial charge in [0.1, 0.15) is 36.7 Å². The first-order valence-corrected chi connectivity index (χ1v) is 54.4. The second-order valence-corrected chi connectivity index (χ2v) is 44.8. The number of halogens is 3. The van der Waals surface area contributed by atoms with Crippen LogP contribution in [0, 0.1) is 0 Å². The molecular weight excluding hydrogens is 1960 g/mol. The van der Waals surface area contributed by atoms with Gasteiger partial charge in [0.15, 0.2) is 27.1 Å². The van der Waals surface area contributed by atoms with E-state index in [0.29, 0.717) is 32.8 Å². The fourth-order valence-corrected chi connectivity index (χ4v) is 31.5. The van der Waals surface area contributed by atoms with Gasteiger partial charge in [-0.2, -0.15) is 0 Å². The molecule has 34 aromatic rings. The van der Waals surface area contributed by atoms with Crippen LogP contribution in [-0.4, -0.2) is 43.6 Å². The largest absolute Gasteiger partial charge is 0.308 e. The van der Waals surface area contributed by atoms with Gasteiger partial charge in [0, 0.05) is 120 Å². The van der Waals surface area contributed by atoms with E-state index in [1.807, 2.05) is 46.1 Å². The molecule has 0 aliphatic rings. The second kappa shape index (κ2) is 31.9. The van der Waals surface area contributed by atoms with Crippen molar-refractivity contribution in [2.24, 2.45) is 0 Å². The van der Waals surface area contributed by atoms with Crippen LogP contribution in [0.15, 0.2) is 400 Å². The van der Waals surface area contributed by atoms with Gasteiger partial charge >= 0.3 is 0 Å². The molecular formula is C128H66Cl3N9S6. The quantitative estimate of drug-likeness (QED) is 0.159. The zero-order valence-corrected chi connectivity index (χ0v) is 83.9. The summed E-state index contributed by atoms with van der Waals surface area (Å²) >= 11 is 31.5. The molecule has 0 aliphatic heterocycles. The maximum Gasteiger partial charge on any atom is 0.176 e. The van der Waals surface area contributed by atoms with Gasteiger partial charge in [-0.3, -0.25) is 9.13 Å². The maximum atomic E-state index is 7.20. The Morgan fingerprint density at radius 2 is 0.507 bits per heavy atom. The summed E-state index contributed by atoms with van der Waals surface area (Å²) in [6.45, 7) is 0. The monoisotopic (exact) mass is 2030 g/mol. The summed E-state index contributed by atoms with van der Waals surface area (Å²) in [6, 6.07) is 144.